The van der Waals surface area contributed by atoms with Crippen LogP contribution in [0, 0.1) is 12.7 Å². The number of carbonyl (C=O) groups excluding carboxylic acids is 1. The molecule has 30 heavy (non-hydrogen) atoms. The van der Waals surface area contributed by atoms with Crippen molar-refractivity contribution in [1.29, 1.82) is 0 Å². The maximum atomic E-state index is 13.9. The van der Waals surface area contributed by atoms with Crippen LogP contribution in [0.25, 0.3) is 0 Å². The summed E-state index contributed by atoms with van der Waals surface area (Å²) in [6.45, 7) is 3.48. The minimum atomic E-state index is -0.331. The number of carbonyl (C=O) groups is 1. The number of anilines is 3. The highest BCUT2D eigenvalue weighted by atomic mass is 19.1. The third kappa shape index (κ3) is 4.74. The van der Waals surface area contributed by atoms with Gasteiger partial charge >= 0.3 is 0 Å². The fourth-order valence-corrected chi connectivity index (χ4v) is 3.47. The number of amides is 1. The number of nitrogens with zero attached hydrogens (tertiary/aromatic N) is 3. The number of halogens is 1. The van der Waals surface area contributed by atoms with E-state index < -0.39 is 0 Å². The van der Waals surface area contributed by atoms with Crippen molar-refractivity contribution in [3.63, 3.8) is 0 Å². The van der Waals surface area contributed by atoms with Crippen molar-refractivity contribution in [2.24, 2.45) is 0 Å². The number of nitrogens with one attached hydrogen (secondary N) is 2. The Hall–Kier alpha value is -3.48. The van der Waals surface area contributed by atoms with Gasteiger partial charge in [-0.15, -0.1) is 0 Å². The van der Waals surface area contributed by atoms with E-state index in [1.807, 2.05) is 31.2 Å². The summed E-state index contributed by atoms with van der Waals surface area (Å²) in [4.78, 5) is 23.4. The Bertz CT molecular complexity index is 1020. The molecule has 0 bridgehead atoms. The number of benzene rings is 2. The molecule has 2 heterocycles. The average molecular weight is 405 g/mol. The fourth-order valence-electron chi connectivity index (χ4n) is 3.47. The molecule has 0 spiro atoms. The second-order valence-electron chi connectivity index (χ2n) is 7.45. The maximum absolute atomic E-state index is 13.9. The Morgan fingerprint density at radius 2 is 1.80 bits per heavy atom. The molecular weight excluding hydrogens is 381 g/mol. The topological polar surface area (TPSA) is 70.2 Å². The Morgan fingerprint density at radius 3 is 2.53 bits per heavy atom. The van der Waals surface area contributed by atoms with E-state index in [0.717, 1.165) is 31.5 Å². The van der Waals surface area contributed by atoms with E-state index in [-0.39, 0.29) is 17.8 Å². The molecule has 2 N–H and O–H groups in total. The Kier molecular flexibility index (Phi) is 5.88. The van der Waals surface area contributed by atoms with Crippen LogP contribution in [-0.4, -0.2) is 35.0 Å². The second-order valence-corrected chi connectivity index (χ2v) is 7.45. The molecule has 7 heteroatoms. The van der Waals surface area contributed by atoms with Crippen molar-refractivity contribution < 1.29 is 9.18 Å². The Morgan fingerprint density at radius 1 is 1.07 bits per heavy atom. The molecule has 0 aliphatic carbocycles. The molecule has 0 atom stereocenters. The molecule has 1 aromatic heterocycles. The van der Waals surface area contributed by atoms with Crippen LogP contribution in [0.1, 0.15) is 28.8 Å². The third-order valence-corrected chi connectivity index (χ3v) is 5.21. The molecule has 154 valence electrons. The summed E-state index contributed by atoms with van der Waals surface area (Å²) in [5.74, 6) is 0.767. The van der Waals surface area contributed by atoms with E-state index in [0.29, 0.717) is 23.0 Å². The van der Waals surface area contributed by atoms with Crippen molar-refractivity contribution >= 4 is 23.4 Å². The zero-order chi connectivity index (χ0) is 20.9. The number of aromatic nitrogens is 2. The van der Waals surface area contributed by atoms with Crippen molar-refractivity contribution in [2.75, 3.05) is 23.3 Å². The summed E-state index contributed by atoms with van der Waals surface area (Å²) in [6, 6.07) is 15.9. The number of piperidine rings is 1. The lowest BCUT2D eigenvalue weighted by molar-refractivity contribution is 0.0931. The molecule has 2 aromatic carbocycles. The Balaban J connectivity index is 1.34. The predicted octanol–water partition coefficient (Wildman–Crippen LogP) is 4.07. The largest absolute Gasteiger partial charge is 0.349 e. The van der Waals surface area contributed by atoms with Crippen LogP contribution in [0.5, 0.6) is 0 Å². The molecule has 1 amide bonds. The lowest BCUT2D eigenvalue weighted by Gasteiger charge is -2.32. The minimum Gasteiger partial charge on any atom is -0.349 e. The second kappa shape index (κ2) is 8.90. The van der Waals surface area contributed by atoms with Crippen LogP contribution in [0.2, 0.25) is 0 Å². The van der Waals surface area contributed by atoms with Crippen LogP contribution >= 0.6 is 0 Å². The molecule has 1 saturated heterocycles. The van der Waals surface area contributed by atoms with Crippen LogP contribution in [0.15, 0.2) is 60.8 Å². The first-order valence-corrected chi connectivity index (χ1v) is 10.1. The normalized spacial score (nSPS) is 14.4. The third-order valence-electron chi connectivity index (χ3n) is 5.21. The highest BCUT2D eigenvalue weighted by Gasteiger charge is 2.23. The summed E-state index contributed by atoms with van der Waals surface area (Å²) < 4.78 is 13.9. The van der Waals surface area contributed by atoms with Gasteiger partial charge < -0.3 is 15.5 Å². The molecule has 4 rings (SSSR count). The molecule has 3 aromatic rings. The van der Waals surface area contributed by atoms with Gasteiger partial charge in [-0.1, -0.05) is 29.8 Å². The molecule has 1 fully saturated rings. The lowest BCUT2D eigenvalue weighted by Crippen LogP contribution is -2.45. The minimum absolute atomic E-state index is 0.0409. The van der Waals surface area contributed by atoms with E-state index in [1.54, 1.807) is 30.5 Å². The molecule has 0 unspecified atom stereocenters. The van der Waals surface area contributed by atoms with Gasteiger partial charge in [0.25, 0.3) is 5.91 Å². The van der Waals surface area contributed by atoms with Crippen molar-refractivity contribution in [2.45, 2.75) is 25.8 Å². The van der Waals surface area contributed by atoms with Gasteiger partial charge in [-0.3, -0.25) is 4.79 Å². The van der Waals surface area contributed by atoms with Gasteiger partial charge in [-0.25, -0.2) is 9.37 Å². The maximum Gasteiger partial charge on any atom is 0.251 e. The van der Waals surface area contributed by atoms with Crippen molar-refractivity contribution in [1.82, 2.24) is 15.3 Å². The van der Waals surface area contributed by atoms with Crippen LogP contribution in [0.4, 0.5) is 21.8 Å². The number of aryl methyl sites for hydroxylation is 1. The summed E-state index contributed by atoms with van der Waals surface area (Å²) >= 11 is 0. The average Bonchev–Trinajstić information content (AvgIpc) is 2.76. The Labute approximate surface area is 175 Å². The van der Waals surface area contributed by atoms with Gasteiger partial charge in [0.1, 0.15) is 11.6 Å². The first kappa shape index (κ1) is 19.8. The predicted molar refractivity (Wildman–Crippen MR) is 116 cm³/mol. The molecule has 0 radical (unpaired) electrons. The first-order chi connectivity index (χ1) is 14.6. The molecule has 0 saturated carbocycles. The highest BCUT2D eigenvalue weighted by molar-refractivity contribution is 5.94. The van der Waals surface area contributed by atoms with Gasteiger partial charge in [0.15, 0.2) is 0 Å². The first-order valence-electron chi connectivity index (χ1n) is 10.1. The SMILES string of the molecule is Cc1ccc(C(=O)NC2CCN(c3nccc(Nc4ccccc4F)n3)CC2)cc1. The molecule has 6 nitrogen and oxygen atoms in total. The monoisotopic (exact) mass is 405 g/mol. The summed E-state index contributed by atoms with van der Waals surface area (Å²) in [6.07, 6.45) is 3.29. The quantitative estimate of drug-likeness (QED) is 0.670. The molecule has 1 aliphatic rings. The molecule has 1 aliphatic heterocycles. The molecular formula is C23H24FN5O. The van der Waals surface area contributed by atoms with Gasteiger partial charge in [0.2, 0.25) is 5.95 Å². The number of para-hydroxylation sites is 1. The summed E-state index contributed by atoms with van der Waals surface area (Å²) in [7, 11) is 0. The number of rotatable bonds is 5. The van der Waals surface area contributed by atoms with Crippen LogP contribution in [-0.2, 0) is 0 Å². The van der Waals surface area contributed by atoms with Gasteiger partial charge in [-0.2, -0.15) is 4.98 Å². The van der Waals surface area contributed by atoms with E-state index >= 15 is 0 Å². The van der Waals surface area contributed by atoms with Crippen LogP contribution < -0.4 is 15.5 Å². The summed E-state index contributed by atoms with van der Waals surface area (Å²) in [5, 5.41) is 6.12. The van der Waals surface area contributed by atoms with E-state index in [1.165, 1.54) is 6.07 Å². The van der Waals surface area contributed by atoms with Gasteiger partial charge in [0.05, 0.1) is 5.69 Å². The smallest absolute Gasteiger partial charge is 0.251 e. The zero-order valence-corrected chi connectivity index (χ0v) is 16.8. The van der Waals surface area contributed by atoms with Gasteiger partial charge in [-0.05, 0) is 50.1 Å². The number of hydrogen-bond acceptors (Lipinski definition) is 5. The highest BCUT2D eigenvalue weighted by Crippen LogP contribution is 2.21. The van der Waals surface area contributed by atoms with Crippen molar-refractivity contribution in [3.8, 4) is 0 Å². The number of hydrogen-bond donors (Lipinski definition) is 2. The van der Waals surface area contributed by atoms with Crippen LogP contribution in [0.3, 0.4) is 0 Å². The fraction of sp³-hybridized carbons (Fsp3) is 0.261. The van der Waals surface area contributed by atoms with Crippen molar-refractivity contribution in [3.05, 3.63) is 77.7 Å². The standard InChI is InChI=1S/C23H24FN5O/c1-16-6-8-17(9-7-16)22(30)26-18-11-14-29(15-12-18)23-25-13-10-21(28-23)27-20-5-3-2-4-19(20)24/h2-10,13,18H,11-12,14-15H2,1H3,(H,26,30)(H,25,27,28). The zero-order valence-electron chi connectivity index (χ0n) is 16.8. The lowest BCUT2D eigenvalue weighted by atomic mass is 10.0. The van der Waals surface area contributed by atoms with E-state index in [9.17, 15) is 9.18 Å². The summed E-state index contributed by atoms with van der Waals surface area (Å²) in [5.41, 5.74) is 2.18. The van der Waals surface area contributed by atoms with Gasteiger partial charge in [0, 0.05) is 30.9 Å². The van der Waals surface area contributed by atoms with E-state index in [2.05, 4.69) is 25.5 Å². The van der Waals surface area contributed by atoms with E-state index in [4.69, 9.17) is 0 Å².